The maximum Gasteiger partial charge on any atom is 0.317 e. The van der Waals surface area contributed by atoms with Crippen LogP contribution in [0.4, 0.5) is 4.79 Å². The van der Waals surface area contributed by atoms with E-state index in [4.69, 9.17) is 0 Å². The number of urea groups is 1. The van der Waals surface area contributed by atoms with Gasteiger partial charge in [-0.25, -0.2) is 14.8 Å². The van der Waals surface area contributed by atoms with Crippen molar-refractivity contribution < 1.29 is 4.79 Å². The Balaban J connectivity index is 2.23. The predicted molar refractivity (Wildman–Crippen MR) is 70.2 cm³/mol. The first-order chi connectivity index (χ1) is 8.58. The second-order valence-electron chi connectivity index (χ2n) is 4.30. The van der Waals surface area contributed by atoms with Crippen LogP contribution in [-0.4, -0.2) is 35.0 Å². The highest BCUT2D eigenvalue weighted by Crippen LogP contribution is 2.11. The molecule has 2 rings (SSSR count). The molecule has 2 amide bonds. The molecule has 0 atom stereocenters. The molecule has 2 aromatic rings. The fourth-order valence-corrected chi connectivity index (χ4v) is 1.61. The Morgan fingerprint density at radius 2 is 1.83 bits per heavy atom. The minimum atomic E-state index is -0.135. The summed E-state index contributed by atoms with van der Waals surface area (Å²) in [6, 6.07) is 7.57. The number of carbonyl (C=O) groups excluding carboxylic acids is 1. The van der Waals surface area contributed by atoms with Crippen LogP contribution in [0.5, 0.6) is 0 Å². The first-order valence-corrected chi connectivity index (χ1v) is 5.75. The Hall–Kier alpha value is -2.17. The highest BCUT2D eigenvalue weighted by Gasteiger charge is 2.07. The lowest BCUT2D eigenvalue weighted by Crippen LogP contribution is -2.34. The fourth-order valence-electron chi connectivity index (χ4n) is 1.61. The molecule has 0 unspecified atom stereocenters. The maximum absolute atomic E-state index is 11.5. The first kappa shape index (κ1) is 12.3. The summed E-state index contributed by atoms with van der Waals surface area (Å²) in [6.07, 6.45) is 0. The van der Waals surface area contributed by atoms with Crippen molar-refractivity contribution >= 4 is 17.1 Å². The highest BCUT2D eigenvalue weighted by molar-refractivity contribution is 5.75. The van der Waals surface area contributed by atoms with Gasteiger partial charge in [0.05, 0.1) is 29.0 Å². The van der Waals surface area contributed by atoms with Crippen molar-refractivity contribution in [2.24, 2.45) is 0 Å². The molecule has 0 aliphatic heterocycles. The molecule has 1 heterocycles. The summed E-state index contributed by atoms with van der Waals surface area (Å²) < 4.78 is 0. The third kappa shape index (κ3) is 2.56. The molecule has 0 radical (unpaired) electrons. The number of para-hydroxylation sites is 2. The van der Waals surface area contributed by atoms with Gasteiger partial charge in [0.2, 0.25) is 0 Å². The fraction of sp³-hybridized carbons (Fsp3) is 0.308. The topological polar surface area (TPSA) is 58.1 Å². The van der Waals surface area contributed by atoms with Gasteiger partial charge in [-0.2, -0.15) is 0 Å². The summed E-state index contributed by atoms with van der Waals surface area (Å²) in [6.45, 7) is 2.29. The van der Waals surface area contributed by atoms with Crippen LogP contribution < -0.4 is 5.32 Å². The average molecular weight is 244 g/mol. The summed E-state index contributed by atoms with van der Waals surface area (Å²) in [7, 11) is 3.41. The standard InChI is InChI=1S/C13H16N4O/c1-9-12(8-14-13(18)17(2)3)16-11-7-5-4-6-10(11)15-9/h4-7H,8H2,1-3H3,(H,14,18). The minimum Gasteiger partial charge on any atom is -0.332 e. The van der Waals surface area contributed by atoms with Crippen LogP contribution in [-0.2, 0) is 6.54 Å². The van der Waals surface area contributed by atoms with E-state index < -0.39 is 0 Å². The molecule has 5 nitrogen and oxygen atoms in total. The number of fused-ring (bicyclic) bond motifs is 1. The quantitative estimate of drug-likeness (QED) is 0.875. The van der Waals surface area contributed by atoms with E-state index in [0.29, 0.717) is 6.54 Å². The van der Waals surface area contributed by atoms with Gasteiger partial charge in [0.1, 0.15) is 0 Å². The van der Waals surface area contributed by atoms with E-state index in [1.165, 1.54) is 4.90 Å². The van der Waals surface area contributed by atoms with Gasteiger partial charge in [-0.05, 0) is 19.1 Å². The van der Waals surface area contributed by atoms with Gasteiger partial charge in [-0.1, -0.05) is 12.1 Å². The SMILES string of the molecule is Cc1nc2ccccc2nc1CNC(=O)N(C)C. The van der Waals surface area contributed by atoms with E-state index in [1.54, 1.807) is 14.1 Å². The third-order valence-electron chi connectivity index (χ3n) is 2.66. The summed E-state index contributed by atoms with van der Waals surface area (Å²) in [5.41, 5.74) is 3.35. The number of benzene rings is 1. The normalized spacial score (nSPS) is 10.4. The maximum atomic E-state index is 11.5. The van der Waals surface area contributed by atoms with E-state index in [0.717, 1.165) is 22.4 Å². The Morgan fingerprint density at radius 3 is 2.44 bits per heavy atom. The van der Waals surface area contributed by atoms with Crippen molar-refractivity contribution in [1.29, 1.82) is 0 Å². The van der Waals surface area contributed by atoms with Crippen molar-refractivity contribution in [2.45, 2.75) is 13.5 Å². The molecule has 0 saturated carbocycles. The Kier molecular flexibility index (Phi) is 3.41. The number of hydrogen-bond donors (Lipinski definition) is 1. The average Bonchev–Trinajstić information content (AvgIpc) is 2.35. The second-order valence-corrected chi connectivity index (χ2v) is 4.30. The zero-order valence-corrected chi connectivity index (χ0v) is 10.8. The van der Waals surface area contributed by atoms with Crippen LogP contribution >= 0.6 is 0 Å². The van der Waals surface area contributed by atoms with Gasteiger partial charge < -0.3 is 10.2 Å². The number of carbonyl (C=O) groups is 1. The van der Waals surface area contributed by atoms with Gasteiger partial charge in [0.15, 0.2) is 0 Å². The van der Waals surface area contributed by atoms with Gasteiger partial charge >= 0.3 is 6.03 Å². The van der Waals surface area contributed by atoms with Gasteiger partial charge in [0, 0.05) is 14.1 Å². The molecule has 1 N–H and O–H groups in total. The molecule has 94 valence electrons. The number of aryl methyl sites for hydroxylation is 1. The van der Waals surface area contributed by atoms with Crippen LogP contribution in [0.2, 0.25) is 0 Å². The van der Waals surface area contributed by atoms with Crippen LogP contribution in [0.1, 0.15) is 11.4 Å². The summed E-state index contributed by atoms with van der Waals surface area (Å²) in [5.74, 6) is 0. The number of nitrogens with zero attached hydrogens (tertiary/aromatic N) is 3. The van der Waals surface area contributed by atoms with Crippen LogP contribution in [0.25, 0.3) is 11.0 Å². The van der Waals surface area contributed by atoms with Gasteiger partial charge in [-0.3, -0.25) is 0 Å². The third-order valence-corrected chi connectivity index (χ3v) is 2.66. The lowest BCUT2D eigenvalue weighted by Gasteiger charge is -2.12. The number of amides is 2. The van der Waals surface area contributed by atoms with Crippen molar-refractivity contribution in [2.75, 3.05) is 14.1 Å². The van der Waals surface area contributed by atoms with Crippen LogP contribution in [0.3, 0.4) is 0 Å². The lowest BCUT2D eigenvalue weighted by molar-refractivity contribution is 0.217. The summed E-state index contributed by atoms with van der Waals surface area (Å²) >= 11 is 0. The smallest absolute Gasteiger partial charge is 0.317 e. The zero-order valence-electron chi connectivity index (χ0n) is 10.8. The molecule has 5 heteroatoms. The zero-order chi connectivity index (χ0) is 13.1. The molecule has 0 spiro atoms. The summed E-state index contributed by atoms with van der Waals surface area (Å²) in [5, 5.41) is 2.79. The molecule has 0 bridgehead atoms. The first-order valence-electron chi connectivity index (χ1n) is 5.75. The summed E-state index contributed by atoms with van der Waals surface area (Å²) in [4.78, 5) is 21.9. The Bertz CT molecular complexity index is 580. The van der Waals surface area contributed by atoms with Gasteiger partial charge in [0.25, 0.3) is 0 Å². The minimum absolute atomic E-state index is 0.135. The number of rotatable bonds is 2. The highest BCUT2D eigenvalue weighted by atomic mass is 16.2. The second kappa shape index (κ2) is 5.00. The number of aromatic nitrogens is 2. The van der Waals surface area contributed by atoms with E-state index in [-0.39, 0.29) is 6.03 Å². The molecule has 0 aliphatic rings. The molecule has 0 aliphatic carbocycles. The van der Waals surface area contributed by atoms with E-state index in [1.807, 2.05) is 31.2 Å². The van der Waals surface area contributed by atoms with E-state index in [2.05, 4.69) is 15.3 Å². The Labute approximate surface area is 106 Å². The molecule has 0 saturated heterocycles. The predicted octanol–water partition coefficient (Wildman–Crippen LogP) is 1.71. The molecule has 18 heavy (non-hydrogen) atoms. The molecule has 1 aromatic carbocycles. The van der Waals surface area contributed by atoms with Crippen LogP contribution in [0.15, 0.2) is 24.3 Å². The molecular weight excluding hydrogens is 228 g/mol. The van der Waals surface area contributed by atoms with Crippen molar-refractivity contribution in [3.63, 3.8) is 0 Å². The van der Waals surface area contributed by atoms with Crippen molar-refractivity contribution in [3.8, 4) is 0 Å². The van der Waals surface area contributed by atoms with Gasteiger partial charge in [-0.15, -0.1) is 0 Å². The number of hydrogen-bond acceptors (Lipinski definition) is 3. The monoisotopic (exact) mass is 244 g/mol. The van der Waals surface area contributed by atoms with E-state index in [9.17, 15) is 4.79 Å². The van der Waals surface area contributed by atoms with Crippen LogP contribution in [0, 0.1) is 6.92 Å². The largest absolute Gasteiger partial charge is 0.332 e. The van der Waals surface area contributed by atoms with Crippen molar-refractivity contribution in [1.82, 2.24) is 20.2 Å². The Morgan fingerprint density at radius 1 is 1.22 bits per heavy atom. The molecular formula is C13H16N4O. The number of nitrogens with one attached hydrogen (secondary N) is 1. The molecule has 0 fully saturated rings. The van der Waals surface area contributed by atoms with E-state index >= 15 is 0 Å². The lowest BCUT2D eigenvalue weighted by atomic mass is 10.2. The molecule has 1 aromatic heterocycles. The van der Waals surface area contributed by atoms with Crippen molar-refractivity contribution in [3.05, 3.63) is 35.7 Å².